The van der Waals surface area contributed by atoms with Crippen LogP contribution in [0.4, 0.5) is 0 Å². The number of hydrogen-bond donors (Lipinski definition) is 0. The van der Waals surface area contributed by atoms with Gasteiger partial charge in [0.15, 0.2) is 0 Å². The van der Waals surface area contributed by atoms with Gasteiger partial charge in [0, 0.05) is 11.0 Å². The number of aryl methyl sites for hydroxylation is 1. The van der Waals surface area contributed by atoms with Gasteiger partial charge in [0.1, 0.15) is 5.75 Å². The zero-order valence-electron chi connectivity index (χ0n) is 17.7. The van der Waals surface area contributed by atoms with E-state index in [-0.39, 0.29) is 11.4 Å². The summed E-state index contributed by atoms with van der Waals surface area (Å²) >= 11 is 0. The van der Waals surface area contributed by atoms with Gasteiger partial charge in [0.2, 0.25) is 0 Å². The maximum Gasteiger partial charge on any atom is 0.306 e. The predicted octanol–water partition coefficient (Wildman–Crippen LogP) is 5.71. The zero-order chi connectivity index (χ0) is 20.6. The first-order valence-corrected chi connectivity index (χ1v) is 11.2. The molecule has 1 heterocycles. The van der Waals surface area contributed by atoms with Crippen LogP contribution in [0.3, 0.4) is 0 Å². The van der Waals surface area contributed by atoms with E-state index in [1.807, 2.05) is 12.1 Å². The van der Waals surface area contributed by atoms with Crippen molar-refractivity contribution in [3.05, 3.63) is 70.8 Å². The summed E-state index contributed by atoms with van der Waals surface area (Å²) in [6.45, 7) is 0.632. The number of rotatable bonds is 4. The van der Waals surface area contributed by atoms with Crippen molar-refractivity contribution in [2.75, 3.05) is 13.7 Å². The highest BCUT2D eigenvalue weighted by Crippen LogP contribution is 2.51. The number of esters is 1. The Morgan fingerprint density at radius 2 is 2.03 bits per heavy atom. The molecule has 3 nitrogen and oxygen atoms in total. The van der Waals surface area contributed by atoms with E-state index < -0.39 is 0 Å². The molecule has 0 N–H and O–H groups in total. The third-order valence-corrected chi connectivity index (χ3v) is 7.42. The highest BCUT2D eigenvalue weighted by Gasteiger charge is 2.46. The Morgan fingerprint density at radius 3 is 2.87 bits per heavy atom. The fourth-order valence-corrected chi connectivity index (χ4v) is 5.69. The van der Waals surface area contributed by atoms with E-state index in [1.165, 1.54) is 29.5 Å². The number of allylic oxidation sites excluding steroid dienone is 1. The molecular formula is C27H30O3. The highest BCUT2D eigenvalue weighted by molar-refractivity contribution is 5.72. The van der Waals surface area contributed by atoms with E-state index in [9.17, 15) is 4.79 Å². The topological polar surface area (TPSA) is 35.5 Å². The summed E-state index contributed by atoms with van der Waals surface area (Å²) in [6.07, 6.45) is 12.0. The van der Waals surface area contributed by atoms with Crippen LogP contribution in [0.25, 0.3) is 6.08 Å². The van der Waals surface area contributed by atoms with E-state index in [0.29, 0.717) is 24.9 Å². The molecule has 0 radical (unpaired) electrons. The van der Waals surface area contributed by atoms with Crippen molar-refractivity contribution < 1.29 is 14.3 Å². The summed E-state index contributed by atoms with van der Waals surface area (Å²) in [6, 6.07) is 15.3. The lowest BCUT2D eigenvalue weighted by atomic mass is 9.80. The van der Waals surface area contributed by atoms with Gasteiger partial charge in [-0.25, -0.2) is 0 Å². The van der Waals surface area contributed by atoms with E-state index in [1.54, 1.807) is 7.11 Å². The smallest absolute Gasteiger partial charge is 0.306 e. The second-order valence-electron chi connectivity index (χ2n) is 9.41. The number of hydrogen-bond acceptors (Lipinski definition) is 3. The fourth-order valence-electron chi connectivity index (χ4n) is 5.69. The van der Waals surface area contributed by atoms with Crippen molar-refractivity contribution in [3.63, 3.8) is 0 Å². The third kappa shape index (κ3) is 3.78. The molecule has 2 aromatic carbocycles. The van der Waals surface area contributed by atoms with Gasteiger partial charge in [-0.05, 0) is 73.1 Å². The molecule has 1 spiro atoms. The molecule has 2 fully saturated rings. The van der Waals surface area contributed by atoms with Gasteiger partial charge in [0.25, 0.3) is 0 Å². The summed E-state index contributed by atoms with van der Waals surface area (Å²) in [5.41, 5.74) is 5.74. The average molecular weight is 403 g/mol. The molecule has 1 aliphatic heterocycles. The van der Waals surface area contributed by atoms with Crippen molar-refractivity contribution in [2.45, 2.75) is 50.9 Å². The van der Waals surface area contributed by atoms with Gasteiger partial charge in [-0.1, -0.05) is 48.6 Å². The molecule has 0 aromatic heterocycles. The van der Waals surface area contributed by atoms with Crippen LogP contribution < -0.4 is 4.74 Å². The average Bonchev–Trinajstić information content (AvgIpc) is 3.37. The summed E-state index contributed by atoms with van der Waals surface area (Å²) in [4.78, 5) is 11.6. The van der Waals surface area contributed by atoms with Crippen molar-refractivity contribution in [1.29, 1.82) is 0 Å². The van der Waals surface area contributed by atoms with Crippen LogP contribution in [-0.2, 0) is 22.4 Å². The van der Waals surface area contributed by atoms with E-state index >= 15 is 0 Å². The molecule has 1 saturated carbocycles. The van der Waals surface area contributed by atoms with Gasteiger partial charge >= 0.3 is 5.97 Å². The SMILES string of the molecule is COc1ccccc1/C=C/[C@@H]1CCc2cc([C@H]3CC[C@]4(COC(=O)C4)C3)ccc2C1. The van der Waals surface area contributed by atoms with Crippen molar-refractivity contribution in [1.82, 2.24) is 0 Å². The first-order valence-electron chi connectivity index (χ1n) is 11.2. The summed E-state index contributed by atoms with van der Waals surface area (Å²) < 4.78 is 10.8. The largest absolute Gasteiger partial charge is 0.496 e. The number of fused-ring (bicyclic) bond motifs is 1. The zero-order valence-corrected chi connectivity index (χ0v) is 17.7. The summed E-state index contributed by atoms with van der Waals surface area (Å²) in [5, 5.41) is 0. The lowest BCUT2D eigenvalue weighted by Crippen LogP contribution is -2.16. The number of methoxy groups -OCH3 is 1. The molecule has 0 amide bonds. The van der Waals surface area contributed by atoms with Crippen molar-refractivity contribution >= 4 is 12.0 Å². The Morgan fingerprint density at radius 1 is 1.13 bits per heavy atom. The molecule has 3 heteroatoms. The predicted molar refractivity (Wildman–Crippen MR) is 119 cm³/mol. The number of para-hydroxylation sites is 1. The Labute approximate surface area is 179 Å². The second kappa shape index (κ2) is 7.94. The first-order chi connectivity index (χ1) is 14.6. The Bertz CT molecular complexity index is 976. The van der Waals surface area contributed by atoms with Crippen LogP contribution in [0.15, 0.2) is 48.5 Å². The molecule has 2 aromatic rings. The van der Waals surface area contributed by atoms with Crippen LogP contribution >= 0.6 is 0 Å². The van der Waals surface area contributed by atoms with Crippen LogP contribution in [0.2, 0.25) is 0 Å². The summed E-state index contributed by atoms with van der Waals surface area (Å²) in [7, 11) is 1.73. The van der Waals surface area contributed by atoms with E-state index in [0.717, 1.165) is 37.0 Å². The number of cyclic esters (lactones) is 1. The van der Waals surface area contributed by atoms with E-state index in [4.69, 9.17) is 9.47 Å². The van der Waals surface area contributed by atoms with Crippen molar-refractivity contribution in [3.8, 4) is 5.75 Å². The normalized spacial score (nSPS) is 28.1. The van der Waals surface area contributed by atoms with Gasteiger partial charge in [0.05, 0.1) is 20.1 Å². The maximum absolute atomic E-state index is 11.6. The van der Waals surface area contributed by atoms with Crippen LogP contribution in [-0.4, -0.2) is 19.7 Å². The van der Waals surface area contributed by atoms with Gasteiger partial charge < -0.3 is 9.47 Å². The molecule has 5 rings (SSSR count). The fraction of sp³-hybridized carbons (Fsp3) is 0.444. The van der Waals surface area contributed by atoms with Crippen LogP contribution in [0.5, 0.6) is 5.75 Å². The molecule has 30 heavy (non-hydrogen) atoms. The first kappa shape index (κ1) is 19.4. The number of ether oxygens (including phenoxy) is 2. The van der Waals surface area contributed by atoms with E-state index in [2.05, 4.69) is 42.5 Å². The second-order valence-corrected chi connectivity index (χ2v) is 9.41. The number of carbonyl (C=O) groups excluding carboxylic acids is 1. The highest BCUT2D eigenvalue weighted by atomic mass is 16.5. The molecule has 2 aliphatic carbocycles. The molecule has 3 atom stereocenters. The Hall–Kier alpha value is -2.55. The Kier molecular flexibility index (Phi) is 5.14. The van der Waals surface area contributed by atoms with Crippen LogP contribution in [0.1, 0.15) is 60.3 Å². The van der Waals surface area contributed by atoms with Crippen molar-refractivity contribution in [2.24, 2.45) is 11.3 Å². The minimum absolute atomic E-state index is 0.00619. The minimum atomic E-state index is -0.00619. The lowest BCUT2D eigenvalue weighted by Gasteiger charge is -2.24. The van der Waals surface area contributed by atoms with Crippen LogP contribution in [0, 0.1) is 11.3 Å². The van der Waals surface area contributed by atoms with Gasteiger partial charge in [-0.15, -0.1) is 0 Å². The monoisotopic (exact) mass is 402 g/mol. The molecule has 0 unspecified atom stereocenters. The summed E-state index contributed by atoms with van der Waals surface area (Å²) in [5.74, 6) is 2.07. The number of carbonyl (C=O) groups is 1. The van der Waals surface area contributed by atoms with Gasteiger partial charge in [-0.3, -0.25) is 4.79 Å². The maximum atomic E-state index is 11.6. The molecule has 156 valence electrons. The molecule has 3 aliphatic rings. The lowest BCUT2D eigenvalue weighted by molar-refractivity contribution is -0.137. The molecular weight excluding hydrogens is 372 g/mol. The molecule has 0 bridgehead atoms. The van der Waals surface area contributed by atoms with Gasteiger partial charge in [-0.2, -0.15) is 0 Å². The number of benzene rings is 2. The molecule has 1 saturated heterocycles. The Balaban J connectivity index is 1.26. The quantitative estimate of drug-likeness (QED) is 0.614. The standard InChI is InChI=1S/C27H30O3/c1-29-25-5-3-2-4-20(25)8-6-19-7-9-22-15-23(11-10-21(22)14-19)24-12-13-27(16-24)17-26(28)30-18-27/h2-6,8,10-11,15,19,24H,7,9,12-14,16-18H2,1H3/b8-6+/t19-,24+,27+/m1/s1. The minimum Gasteiger partial charge on any atom is -0.496 e. The third-order valence-electron chi connectivity index (χ3n) is 7.42.